The molecule has 0 bridgehead atoms. The molecule has 0 saturated heterocycles. The fourth-order valence-electron chi connectivity index (χ4n) is 3.18. The van der Waals surface area contributed by atoms with E-state index in [2.05, 4.69) is 25.7 Å². The molecule has 0 saturated carbocycles. The number of carbonyl (C=O) groups is 2. The summed E-state index contributed by atoms with van der Waals surface area (Å²) in [6.07, 6.45) is 0.114. The number of hydrogen-bond acceptors (Lipinski definition) is 5. The molecule has 2 N–H and O–H groups in total. The zero-order valence-electron chi connectivity index (χ0n) is 17.5. The molecular weight excluding hydrogens is 404 g/mol. The van der Waals surface area contributed by atoms with E-state index in [0.717, 1.165) is 28.3 Å². The van der Waals surface area contributed by atoms with Crippen LogP contribution in [-0.2, 0) is 16.0 Å². The van der Waals surface area contributed by atoms with Crippen LogP contribution >= 0.6 is 11.6 Å². The normalized spacial score (nSPS) is 10.7. The van der Waals surface area contributed by atoms with Crippen molar-refractivity contribution in [3.8, 4) is 5.95 Å². The van der Waals surface area contributed by atoms with Crippen LogP contribution in [0.2, 0.25) is 5.02 Å². The highest BCUT2D eigenvalue weighted by molar-refractivity contribution is 6.33. The van der Waals surface area contributed by atoms with E-state index in [1.165, 1.54) is 6.92 Å². The molecule has 0 aliphatic carbocycles. The number of nitrogens with zero attached hydrogens (tertiary/aromatic N) is 4. The number of aryl methyl sites for hydroxylation is 3. The van der Waals surface area contributed by atoms with Crippen molar-refractivity contribution in [2.24, 2.45) is 0 Å². The number of halogens is 1. The zero-order valence-corrected chi connectivity index (χ0v) is 18.3. The van der Waals surface area contributed by atoms with Gasteiger partial charge in [-0.2, -0.15) is 5.10 Å². The molecule has 8 nitrogen and oxygen atoms in total. The monoisotopic (exact) mass is 426 g/mol. The van der Waals surface area contributed by atoms with Crippen LogP contribution in [-0.4, -0.2) is 31.6 Å². The number of hydrogen-bond donors (Lipinski definition) is 2. The molecule has 3 rings (SSSR count). The highest BCUT2D eigenvalue weighted by Crippen LogP contribution is 2.26. The van der Waals surface area contributed by atoms with Gasteiger partial charge >= 0.3 is 0 Å². The average molecular weight is 427 g/mol. The maximum atomic E-state index is 12.7. The van der Waals surface area contributed by atoms with Crippen LogP contribution < -0.4 is 10.6 Å². The van der Waals surface area contributed by atoms with E-state index in [0.29, 0.717) is 22.3 Å². The summed E-state index contributed by atoms with van der Waals surface area (Å²) in [5.74, 6) is 0.0247. The third-order valence-corrected chi connectivity index (χ3v) is 4.83. The van der Waals surface area contributed by atoms with Gasteiger partial charge in [-0.3, -0.25) is 9.59 Å². The van der Waals surface area contributed by atoms with Gasteiger partial charge in [0.15, 0.2) is 0 Å². The lowest BCUT2D eigenvalue weighted by Gasteiger charge is -2.10. The Morgan fingerprint density at radius 3 is 2.33 bits per heavy atom. The first kappa shape index (κ1) is 21.4. The summed E-state index contributed by atoms with van der Waals surface area (Å²) in [6, 6.07) is 6.80. The van der Waals surface area contributed by atoms with Gasteiger partial charge in [0.2, 0.25) is 11.8 Å². The Labute approximate surface area is 179 Å². The topological polar surface area (TPSA) is 102 Å². The average Bonchev–Trinajstić information content (AvgIpc) is 2.91. The molecule has 9 heteroatoms. The van der Waals surface area contributed by atoms with Crippen LogP contribution in [0.1, 0.15) is 35.3 Å². The molecule has 0 unspecified atom stereocenters. The van der Waals surface area contributed by atoms with Gasteiger partial charge in [0.05, 0.1) is 22.8 Å². The van der Waals surface area contributed by atoms with E-state index in [1.54, 1.807) is 22.9 Å². The van der Waals surface area contributed by atoms with Crippen LogP contribution in [0.25, 0.3) is 5.95 Å². The van der Waals surface area contributed by atoms with E-state index in [-0.39, 0.29) is 18.2 Å². The summed E-state index contributed by atoms with van der Waals surface area (Å²) in [5, 5.41) is 10.4. The van der Waals surface area contributed by atoms with Crippen molar-refractivity contribution in [3.05, 3.63) is 57.6 Å². The summed E-state index contributed by atoms with van der Waals surface area (Å²) < 4.78 is 1.66. The van der Waals surface area contributed by atoms with Gasteiger partial charge in [-0.1, -0.05) is 11.6 Å². The first-order valence-corrected chi connectivity index (χ1v) is 9.76. The third kappa shape index (κ3) is 4.83. The Morgan fingerprint density at radius 2 is 1.70 bits per heavy atom. The Morgan fingerprint density at radius 1 is 1.03 bits per heavy atom. The molecule has 0 fully saturated rings. The molecular formula is C21H23ClN6O2. The number of amides is 2. The van der Waals surface area contributed by atoms with Crippen LogP contribution in [0.5, 0.6) is 0 Å². The number of carbonyl (C=O) groups excluding carboxylic acids is 2. The molecule has 2 amide bonds. The van der Waals surface area contributed by atoms with Gasteiger partial charge in [0.1, 0.15) is 0 Å². The van der Waals surface area contributed by atoms with E-state index >= 15 is 0 Å². The molecule has 1 aromatic carbocycles. The van der Waals surface area contributed by atoms with E-state index < -0.39 is 0 Å². The molecule has 3 aromatic rings. The zero-order chi connectivity index (χ0) is 22.0. The molecule has 0 radical (unpaired) electrons. The fraction of sp³-hybridized carbons (Fsp3) is 0.286. The Kier molecular flexibility index (Phi) is 6.17. The third-order valence-electron chi connectivity index (χ3n) is 4.50. The molecule has 0 aliphatic rings. The predicted octanol–water partition coefficient (Wildman–Crippen LogP) is 3.69. The van der Waals surface area contributed by atoms with Gasteiger partial charge in [-0.25, -0.2) is 14.6 Å². The summed E-state index contributed by atoms with van der Waals surface area (Å²) >= 11 is 6.20. The molecule has 0 atom stereocenters. The van der Waals surface area contributed by atoms with E-state index in [1.807, 2.05) is 33.8 Å². The van der Waals surface area contributed by atoms with Crippen LogP contribution in [0.3, 0.4) is 0 Å². The van der Waals surface area contributed by atoms with Gasteiger partial charge in [-0.05, 0) is 52.0 Å². The highest BCUT2D eigenvalue weighted by Gasteiger charge is 2.18. The number of nitrogens with one attached hydrogen (secondary N) is 2. The van der Waals surface area contributed by atoms with Gasteiger partial charge in [0.25, 0.3) is 5.95 Å². The second-order valence-electron chi connectivity index (χ2n) is 7.11. The minimum atomic E-state index is -0.246. The second kappa shape index (κ2) is 8.62. The quantitative estimate of drug-likeness (QED) is 0.647. The van der Waals surface area contributed by atoms with Crippen molar-refractivity contribution in [2.75, 3.05) is 10.6 Å². The van der Waals surface area contributed by atoms with Crippen molar-refractivity contribution >= 4 is 34.8 Å². The molecule has 30 heavy (non-hydrogen) atoms. The summed E-state index contributed by atoms with van der Waals surface area (Å²) in [4.78, 5) is 32.9. The van der Waals surface area contributed by atoms with E-state index in [9.17, 15) is 9.59 Å². The first-order valence-electron chi connectivity index (χ1n) is 9.38. The number of rotatable bonds is 5. The van der Waals surface area contributed by atoms with Crippen LogP contribution in [0.4, 0.5) is 11.4 Å². The minimum absolute atomic E-state index is 0.114. The Balaban J connectivity index is 1.83. The minimum Gasteiger partial charge on any atom is -0.326 e. The largest absolute Gasteiger partial charge is 0.326 e. The number of aromatic nitrogens is 4. The van der Waals surface area contributed by atoms with Crippen molar-refractivity contribution in [1.29, 1.82) is 0 Å². The lowest BCUT2D eigenvalue weighted by Crippen LogP contribution is -2.16. The fourth-order valence-corrected chi connectivity index (χ4v) is 3.35. The Hall–Kier alpha value is -3.26. The second-order valence-corrected chi connectivity index (χ2v) is 7.52. The van der Waals surface area contributed by atoms with Gasteiger partial charge in [0, 0.05) is 35.3 Å². The van der Waals surface area contributed by atoms with Crippen LogP contribution in [0, 0.1) is 27.7 Å². The summed E-state index contributed by atoms with van der Waals surface area (Å²) in [5.41, 5.74) is 4.98. The highest BCUT2D eigenvalue weighted by atomic mass is 35.5. The predicted molar refractivity (Wildman–Crippen MR) is 116 cm³/mol. The molecule has 2 aromatic heterocycles. The van der Waals surface area contributed by atoms with Crippen molar-refractivity contribution in [2.45, 2.75) is 41.0 Å². The maximum absolute atomic E-state index is 12.7. The first-order chi connectivity index (χ1) is 14.1. The van der Waals surface area contributed by atoms with Gasteiger partial charge < -0.3 is 10.6 Å². The molecule has 0 aliphatic heterocycles. The molecule has 156 valence electrons. The van der Waals surface area contributed by atoms with Crippen LogP contribution in [0.15, 0.2) is 24.3 Å². The van der Waals surface area contributed by atoms with Gasteiger partial charge in [-0.15, -0.1) is 0 Å². The van der Waals surface area contributed by atoms with Crippen molar-refractivity contribution < 1.29 is 9.59 Å². The summed E-state index contributed by atoms with van der Waals surface area (Å²) in [6.45, 7) is 8.94. The Bertz CT molecular complexity index is 1120. The lowest BCUT2D eigenvalue weighted by molar-refractivity contribution is -0.116. The lowest BCUT2D eigenvalue weighted by atomic mass is 10.1. The maximum Gasteiger partial charge on any atom is 0.251 e. The SMILES string of the molecule is CC(=O)Nc1ccc(Cl)c(NC(=O)Cc2c(C)nn(-c3nc(C)cc(C)n3)c2C)c1. The smallest absolute Gasteiger partial charge is 0.251 e. The number of anilines is 2. The van der Waals surface area contributed by atoms with Crippen molar-refractivity contribution in [3.63, 3.8) is 0 Å². The number of benzene rings is 1. The van der Waals surface area contributed by atoms with E-state index in [4.69, 9.17) is 11.6 Å². The standard InChI is InChI=1S/C21H23ClN6O2/c1-11-8-12(2)24-21(23-11)28-14(4)17(13(3)27-28)10-20(30)26-19-9-16(25-15(5)29)6-7-18(19)22/h6-9H,10H2,1-5H3,(H,25,29)(H,26,30). The summed E-state index contributed by atoms with van der Waals surface area (Å²) in [7, 11) is 0. The molecule has 0 spiro atoms. The van der Waals surface area contributed by atoms with Crippen molar-refractivity contribution in [1.82, 2.24) is 19.7 Å². The molecule has 2 heterocycles.